The number of nitro groups is 1. The maximum Gasteiger partial charge on any atom is 0.312 e. The third kappa shape index (κ3) is 5.00. The summed E-state index contributed by atoms with van der Waals surface area (Å²) in [5.41, 5.74) is 0.388. The van der Waals surface area contributed by atoms with Crippen LogP contribution in [0.2, 0.25) is 0 Å². The zero-order chi connectivity index (χ0) is 20.8. The fraction of sp³-hybridized carbons (Fsp3) is 0.250. The average Bonchev–Trinajstić information content (AvgIpc) is 2.62. The Balaban J connectivity index is 2.40. The number of nitrogens with zero attached hydrogens (tertiary/aromatic N) is 1. The van der Waals surface area contributed by atoms with Crippen LogP contribution in [-0.4, -0.2) is 22.4 Å². The molecule has 2 aromatic rings. The number of carbonyl (C=O) groups excluding carboxylic acids is 3. The second kappa shape index (κ2) is 8.90. The van der Waals surface area contributed by atoms with Crippen molar-refractivity contribution in [3.05, 3.63) is 57.6 Å². The summed E-state index contributed by atoms with van der Waals surface area (Å²) in [6.45, 7) is 4.51. The first-order chi connectivity index (χ1) is 13.2. The van der Waals surface area contributed by atoms with E-state index in [1.807, 2.05) is 6.92 Å². The number of ether oxygens (including phenoxy) is 1. The van der Waals surface area contributed by atoms with E-state index in [-0.39, 0.29) is 45.8 Å². The maximum absolute atomic E-state index is 12.0. The molecule has 0 aliphatic carbocycles. The third-order valence-corrected chi connectivity index (χ3v) is 3.90. The summed E-state index contributed by atoms with van der Waals surface area (Å²) in [4.78, 5) is 45.9. The second-order valence-electron chi connectivity index (χ2n) is 6.16. The van der Waals surface area contributed by atoms with Gasteiger partial charge in [-0.3, -0.25) is 24.5 Å². The number of nitro benzene ring substituents is 1. The Morgan fingerprint density at radius 2 is 1.71 bits per heavy atom. The lowest BCUT2D eigenvalue weighted by molar-refractivity contribution is -0.385. The molecule has 0 saturated carbocycles. The highest BCUT2D eigenvalue weighted by Crippen LogP contribution is 2.35. The molecule has 0 atom stereocenters. The van der Waals surface area contributed by atoms with Gasteiger partial charge in [0.05, 0.1) is 10.5 Å². The Labute approximate surface area is 161 Å². The van der Waals surface area contributed by atoms with Gasteiger partial charge in [-0.25, -0.2) is 0 Å². The van der Waals surface area contributed by atoms with Gasteiger partial charge in [0.15, 0.2) is 11.6 Å². The van der Waals surface area contributed by atoms with Crippen molar-refractivity contribution in [3.63, 3.8) is 0 Å². The van der Waals surface area contributed by atoms with E-state index in [0.29, 0.717) is 18.5 Å². The predicted octanol–water partition coefficient (Wildman–Crippen LogP) is 4.53. The molecule has 0 bridgehead atoms. The summed E-state index contributed by atoms with van der Waals surface area (Å²) >= 11 is 0. The van der Waals surface area contributed by atoms with E-state index in [1.165, 1.54) is 38.1 Å². The number of hydrogen-bond acceptors (Lipinski definition) is 6. The molecule has 28 heavy (non-hydrogen) atoms. The highest BCUT2D eigenvalue weighted by molar-refractivity contribution is 5.99. The molecule has 0 aliphatic rings. The summed E-state index contributed by atoms with van der Waals surface area (Å²) < 4.78 is 5.62. The van der Waals surface area contributed by atoms with Gasteiger partial charge in [0.25, 0.3) is 0 Å². The van der Waals surface area contributed by atoms with Crippen LogP contribution in [0.5, 0.6) is 11.5 Å². The monoisotopic (exact) mass is 384 g/mol. The minimum absolute atomic E-state index is 0.0970. The number of benzene rings is 2. The summed E-state index contributed by atoms with van der Waals surface area (Å²) in [6.07, 6.45) is 1.04. The number of anilines is 1. The minimum atomic E-state index is -0.658. The van der Waals surface area contributed by atoms with Crippen LogP contribution in [0.15, 0.2) is 36.4 Å². The smallest absolute Gasteiger partial charge is 0.312 e. The number of hydrogen-bond donors (Lipinski definition) is 1. The summed E-state index contributed by atoms with van der Waals surface area (Å²) in [5.74, 6) is -0.808. The first kappa shape index (κ1) is 20.8. The van der Waals surface area contributed by atoms with Crippen molar-refractivity contribution in [2.24, 2.45) is 0 Å². The second-order valence-corrected chi connectivity index (χ2v) is 6.16. The van der Waals surface area contributed by atoms with E-state index in [9.17, 15) is 24.5 Å². The fourth-order valence-corrected chi connectivity index (χ4v) is 2.51. The summed E-state index contributed by atoms with van der Waals surface area (Å²) in [6, 6.07) is 8.32. The maximum atomic E-state index is 12.0. The SMILES string of the molecule is CCCC(=O)Nc1ccc(Oc2ccc(C(C)=O)cc2[N+](=O)[O-])c(C(C)=O)c1. The van der Waals surface area contributed by atoms with E-state index >= 15 is 0 Å². The molecule has 0 spiro atoms. The average molecular weight is 384 g/mol. The van der Waals surface area contributed by atoms with Gasteiger partial charge in [-0.15, -0.1) is 0 Å². The van der Waals surface area contributed by atoms with Gasteiger partial charge in [0.1, 0.15) is 5.75 Å². The van der Waals surface area contributed by atoms with E-state index in [0.717, 1.165) is 6.07 Å². The normalized spacial score (nSPS) is 10.2. The molecule has 0 radical (unpaired) electrons. The number of nitrogens with one attached hydrogen (secondary N) is 1. The van der Waals surface area contributed by atoms with Gasteiger partial charge in [-0.05, 0) is 50.6 Å². The molecule has 0 saturated heterocycles. The largest absolute Gasteiger partial charge is 0.449 e. The van der Waals surface area contributed by atoms with Crippen LogP contribution in [0.25, 0.3) is 0 Å². The van der Waals surface area contributed by atoms with E-state index < -0.39 is 4.92 Å². The Kier molecular flexibility index (Phi) is 6.59. The van der Waals surface area contributed by atoms with Gasteiger partial charge in [-0.1, -0.05) is 6.92 Å². The molecule has 8 nitrogen and oxygen atoms in total. The molecule has 2 rings (SSSR count). The molecule has 2 aromatic carbocycles. The Morgan fingerprint density at radius 3 is 2.29 bits per heavy atom. The lowest BCUT2D eigenvalue weighted by Crippen LogP contribution is -2.11. The number of carbonyl (C=O) groups is 3. The molecule has 0 fully saturated rings. The highest BCUT2D eigenvalue weighted by Gasteiger charge is 2.20. The first-order valence-corrected chi connectivity index (χ1v) is 8.65. The summed E-state index contributed by atoms with van der Waals surface area (Å²) in [5, 5.41) is 14.0. The van der Waals surface area contributed by atoms with Crippen LogP contribution in [0, 0.1) is 10.1 Å². The lowest BCUT2D eigenvalue weighted by Gasteiger charge is -2.12. The molecular formula is C20H20N2O6. The molecule has 1 amide bonds. The van der Waals surface area contributed by atoms with E-state index in [2.05, 4.69) is 5.32 Å². The van der Waals surface area contributed by atoms with Gasteiger partial charge >= 0.3 is 5.69 Å². The predicted molar refractivity (Wildman–Crippen MR) is 103 cm³/mol. The van der Waals surface area contributed by atoms with Crippen LogP contribution in [0.4, 0.5) is 11.4 Å². The van der Waals surface area contributed by atoms with Gasteiger partial charge < -0.3 is 10.1 Å². The Bertz CT molecular complexity index is 952. The number of rotatable bonds is 8. The molecule has 1 N–H and O–H groups in total. The van der Waals surface area contributed by atoms with Crippen molar-refractivity contribution < 1.29 is 24.0 Å². The Morgan fingerprint density at radius 1 is 1.04 bits per heavy atom. The van der Waals surface area contributed by atoms with Crippen LogP contribution in [0.3, 0.4) is 0 Å². The number of Topliss-reactive ketones (excluding diaryl/α,β-unsaturated/α-hetero) is 2. The molecule has 0 unspecified atom stereocenters. The van der Waals surface area contributed by atoms with Crippen molar-refractivity contribution in [1.29, 1.82) is 0 Å². The first-order valence-electron chi connectivity index (χ1n) is 8.65. The van der Waals surface area contributed by atoms with Crippen molar-refractivity contribution >= 4 is 28.8 Å². The zero-order valence-electron chi connectivity index (χ0n) is 15.8. The van der Waals surface area contributed by atoms with Crippen LogP contribution in [-0.2, 0) is 4.79 Å². The molecule has 8 heteroatoms. The highest BCUT2D eigenvalue weighted by atomic mass is 16.6. The van der Waals surface area contributed by atoms with Crippen molar-refractivity contribution in [2.75, 3.05) is 5.32 Å². The van der Waals surface area contributed by atoms with Gasteiger partial charge in [0.2, 0.25) is 11.7 Å². The number of ketones is 2. The summed E-state index contributed by atoms with van der Waals surface area (Å²) in [7, 11) is 0. The van der Waals surface area contributed by atoms with Crippen molar-refractivity contribution in [2.45, 2.75) is 33.6 Å². The van der Waals surface area contributed by atoms with Crippen LogP contribution < -0.4 is 10.1 Å². The molecule has 0 aromatic heterocycles. The third-order valence-electron chi connectivity index (χ3n) is 3.90. The lowest BCUT2D eigenvalue weighted by atomic mass is 10.1. The van der Waals surface area contributed by atoms with E-state index in [4.69, 9.17) is 4.74 Å². The molecule has 146 valence electrons. The molecular weight excluding hydrogens is 364 g/mol. The van der Waals surface area contributed by atoms with Gasteiger partial charge in [0, 0.05) is 23.7 Å². The molecule has 0 heterocycles. The minimum Gasteiger partial charge on any atom is -0.449 e. The topological polar surface area (TPSA) is 116 Å². The van der Waals surface area contributed by atoms with Crippen LogP contribution >= 0.6 is 0 Å². The quantitative estimate of drug-likeness (QED) is 0.406. The molecule has 0 aliphatic heterocycles. The van der Waals surface area contributed by atoms with Crippen molar-refractivity contribution in [1.82, 2.24) is 0 Å². The van der Waals surface area contributed by atoms with E-state index in [1.54, 1.807) is 6.07 Å². The fourth-order valence-electron chi connectivity index (χ4n) is 2.51. The van der Waals surface area contributed by atoms with Crippen molar-refractivity contribution in [3.8, 4) is 11.5 Å². The standard InChI is InChI=1S/C20H20N2O6/c1-4-5-20(25)21-15-7-9-18(16(11-15)13(3)24)28-19-8-6-14(12(2)23)10-17(19)22(26)27/h6-11H,4-5H2,1-3H3,(H,21,25). The van der Waals surface area contributed by atoms with Crippen LogP contribution in [0.1, 0.15) is 54.3 Å². The van der Waals surface area contributed by atoms with Gasteiger partial charge in [-0.2, -0.15) is 0 Å². The number of amides is 1. The Hall–Kier alpha value is -3.55. The zero-order valence-corrected chi connectivity index (χ0v) is 15.8.